The second kappa shape index (κ2) is 11.6. The molecule has 2 aromatic carbocycles. The molecule has 0 spiro atoms. The molecule has 3 aromatic rings. The van der Waals surface area contributed by atoms with Crippen molar-refractivity contribution in [2.45, 2.75) is 38.6 Å². The Bertz CT molecular complexity index is 1050. The lowest BCUT2D eigenvalue weighted by molar-refractivity contribution is -0.113. The molecule has 1 N–H and O–H groups in total. The molecule has 1 aromatic heterocycles. The summed E-state index contributed by atoms with van der Waals surface area (Å²) in [7, 11) is 3.22. The number of rotatable bonds is 11. The Kier molecular flexibility index (Phi) is 8.59. The molecule has 33 heavy (non-hydrogen) atoms. The minimum absolute atomic E-state index is 0.128. The SMILES string of the molecule is COc1ccc(OC(C)c2nnc(SCC(=O)Nc3cccc(OC)c3)n2CC(C)C)cc1. The third kappa shape index (κ3) is 6.89. The number of anilines is 1. The highest BCUT2D eigenvalue weighted by molar-refractivity contribution is 7.99. The Morgan fingerprint density at radius 1 is 1.00 bits per heavy atom. The Balaban J connectivity index is 1.68. The van der Waals surface area contributed by atoms with E-state index >= 15 is 0 Å². The quantitative estimate of drug-likeness (QED) is 0.402. The molecular weight excluding hydrogens is 440 g/mol. The summed E-state index contributed by atoms with van der Waals surface area (Å²) in [6.45, 7) is 6.92. The second-order valence-corrected chi connectivity index (χ2v) is 8.79. The molecule has 1 heterocycles. The largest absolute Gasteiger partial charge is 0.497 e. The average molecular weight is 471 g/mol. The van der Waals surface area contributed by atoms with Crippen LogP contribution in [-0.2, 0) is 11.3 Å². The van der Waals surface area contributed by atoms with E-state index in [0.717, 1.165) is 18.1 Å². The lowest BCUT2D eigenvalue weighted by Crippen LogP contribution is -2.17. The predicted octanol–water partition coefficient (Wildman–Crippen LogP) is 4.82. The fourth-order valence-corrected chi connectivity index (χ4v) is 3.94. The summed E-state index contributed by atoms with van der Waals surface area (Å²) < 4.78 is 18.5. The van der Waals surface area contributed by atoms with Gasteiger partial charge in [0.25, 0.3) is 0 Å². The van der Waals surface area contributed by atoms with Crippen LogP contribution in [0.5, 0.6) is 17.2 Å². The van der Waals surface area contributed by atoms with Crippen molar-refractivity contribution in [3.63, 3.8) is 0 Å². The number of carbonyl (C=O) groups excluding carboxylic acids is 1. The van der Waals surface area contributed by atoms with Gasteiger partial charge in [0.2, 0.25) is 5.91 Å². The molecule has 1 unspecified atom stereocenters. The van der Waals surface area contributed by atoms with Crippen LogP contribution in [0.3, 0.4) is 0 Å². The van der Waals surface area contributed by atoms with Gasteiger partial charge in [0, 0.05) is 18.3 Å². The van der Waals surface area contributed by atoms with E-state index in [1.54, 1.807) is 20.3 Å². The number of carbonyl (C=O) groups is 1. The van der Waals surface area contributed by atoms with Crippen LogP contribution in [0.2, 0.25) is 0 Å². The van der Waals surface area contributed by atoms with Gasteiger partial charge in [-0.15, -0.1) is 10.2 Å². The first-order valence-corrected chi connectivity index (χ1v) is 11.7. The van der Waals surface area contributed by atoms with E-state index in [9.17, 15) is 4.79 Å². The topological polar surface area (TPSA) is 87.5 Å². The van der Waals surface area contributed by atoms with Gasteiger partial charge in [-0.2, -0.15) is 0 Å². The summed E-state index contributed by atoms with van der Waals surface area (Å²) in [5.41, 5.74) is 0.686. The number of ether oxygens (including phenoxy) is 3. The smallest absolute Gasteiger partial charge is 0.234 e. The number of nitrogens with one attached hydrogen (secondary N) is 1. The van der Waals surface area contributed by atoms with Gasteiger partial charge >= 0.3 is 0 Å². The van der Waals surface area contributed by atoms with Gasteiger partial charge in [-0.05, 0) is 49.2 Å². The first kappa shape index (κ1) is 24.4. The van der Waals surface area contributed by atoms with E-state index in [2.05, 4.69) is 29.4 Å². The zero-order chi connectivity index (χ0) is 23.8. The van der Waals surface area contributed by atoms with E-state index in [4.69, 9.17) is 14.2 Å². The van der Waals surface area contributed by atoms with Crippen LogP contribution in [-0.4, -0.2) is 40.6 Å². The number of hydrogen-bond acceptors (Lipinski definition) is 7. The lowest BCUT2D eigenvalue weighted by Gasteiger charge is -2.18. The van der Waals surface area contributed by atoms with E-state index in [1.807, 2.05) is 54.0 Å². The van der Waals surface area contributed by atoms with Crippen molar-refractivity contribution in [2.24, 2.45) is 5.92 Å². The average Bonchev–Trinajstić information content (AvgIpc) is 3.20. The number of hydrogen-bond donors (Lipinski definition) is 1. The Labute approximate surface area is 198 Å². The van der Waals surface area contributed by atoms with Crippen LogP contribution in [0.4, 0.5) is 5.69 Å². The van der Waals surface area contributed by atoms with Crippen LogP contribution < -0.4 is 19.5 Å². The van der Waals surface area contributed by atoms with Crippen molar-refractivity contribution >= 4 is 23.4 Å². The lowest BCUT2D eigenvalue weighted by atomic mass is 10.2. The molecule has 0 radical (unpaired) electrons. The fourth-order valence-electron chi connectivity index (χ4n) is 3.18. The van der Waals surface area contributed by atoms with Gasteiger partial charge in [0.05, 0.1) is 20.0 Å². The predicted molar refractivity (Wildman–Crippen MR) is 129 cm³/mol. The van der Waals surface area contributed by atoms with Crippen LogP contribution in [0, 0.1) is 5.92 Å². The molecule has 0 saturated carbocycles. The Morgan fingerprint density at radius 3 is 2.36 bits per heavy atom. The summed E-state index contributed by atoms with van der Waals surface area (Å²) in [4.78, 5) is 12.5. The minimum Gasteiger partial charge on any atom is -0.497 e. The fraction of sp³-hybridized carbons (Fsp3) is 0.375. The van der Waals surface area contributed by atoms with Gasteiger partial charge in [-0.1, -0.05) is 31.7 Å². The maximum absolute atomic E-state index is 12.5. The number of methoxy groups -OCH3 is 2. The normalized spacial score (nSPS) is 11.8. The van der Waals surface area contributed by atoms with Crippen molar-refractivity contribution in [1.82, 2.24) is 14.8 Å². The van der Waals surface area contributed by atoms with E-state index in [-0.39, 0.29) is 17.8 Å². The van der Waals surface area contributed by atoms with Crippen LogP contribution >= 0.6 is 11.8 Å². The molecule has 0 bridgehead atoms. The highest BCUT2D eigenvalue weighted by Crippen LogP contribution is 2.27. The maximum atomic E-state index is 12.5. The summed E-state index contributed by atoms with van der Waals surface area (Å²) in [6.07, 6.45) is -0.315. The van der Waals surface area contributed by atoms with E-state index < -0.39 is 0 Å². The van der Waals surface area contributed by atoms with Gasteiger partial charge in [-0.3, -0.25) is 4.79 Å². The van der Waals surface area contributed by atoms with Crippen molar-refractivity contribution < 1.29 is 19.0 Å². The molecule has 176 valence electrons. The molecular formula is C24H30N4O4S. The molecule has 0 fully saturated rings. The summed E-state index contributed by atoms with van der Waals surface area (Å²) in [6, 6.07) is 14.7. The highest BCUT2D eigenvalue weighted by Gasteiger charge is 2.21. The van der Waals surface area contributed by atoms with Crippen LogP contribution in [0.15, 0.2) is 53.7 Å². The molecule has 1 amide bonds. The summed E-state index contributed by atoms with van der Waals surface area (Å²) in [5, 5.41) is 12.3. The van der Waals surface area contributed by atoms with Gasteiger partial charge in [0.1, 0.15) is 17.2 Å². The Hall–Kier alpha value is -3.20. The van der Waals surface area contributed by atoms with Gasteiger partial charge in [-0.25, -0.2) is 0 Å². The summed E-state index contributed by atoms with van der Waals surface area (Å²) in [5.74, 6) is 3.34. The second-order valence-electron chi connectivity index (χ2n) is 7.85. The van der Waals surface area contributed by atoms with Gasteiger partial charge in [0.15, 0.2) is 17.1 Å². The molecule has 0 aliphatic rings. The number of aromatic nitrogens is 3. The van der Waals surface area contributed by atoms with E-state index in [1.165, 1.54) is 11.8 Å². The first-order chi connectivity index (χ1) is 15.9. The standard InChI is InChI=1S/C24H30N4O4S/c1-16(2)14-28-23(17(3)32-20-11-9-19(30-4)10-12-20)26-27-24(28)33-15-22(29)25-18-7-6-8-21(13-18)31-5/h6-13,16-17H,14-15H2,1-5H3,(H,25,29). The zero-order valence-electron chi connectivity index (χ0n) is 19.6. The molecule has 9 heteroatoms. The van der Waals surface area contributed by atoms with Crippen molar-refractivity contribution in [3.8, 4) is 17.2 Å². The highest BCUT2D eigenvalue weighted by atomic mass is 32.2. The molecule has 3 rings (SSSR count). The molecule has 1 atom stereocenters. The zero-order valence-corrected chi connectivity index (χ0v) is 20.4. The van der Waals surface area contributed by atoms with Crippen LogP contribution in [0.25, 0.3) is 0 Å². The Morgan fingerprint density at radius 2 is 1.70 bits per heavy atom. The van der Waals surface area contributed by atoms with Crippen molar-refractivity contribution in [2.75, 3.05) is 25.3 Å². The first-order valence-electron chi connectivity index (χ1n) is 10.7. The number of benzene rings is 2. The van der Waals surface area contributed by atoms with Gasteiger partial charge < -0.3 is 24.1 Å². The monoisotopic (exact) mass is 470 g/mol. The molecule has 0 aliphatic heterocycles. The minimum atomic E-state index is -0.315. The number of nitrogens with zero attached hydrogens (tertiary/aromatic N) is 3. The third-order valence-corrected chi connectivity index (χ3v) is 5.68. The van der Waals surface area contributed by atoms with Crippen molar-refractivity contribution in [1.29, 1.82) is 0 Å². The number of amides is 1. The molecule has 8 nitrogen and oxygen atoms in total. The number of thioether (sulfide) groups is 1. The molecule has 0 aliphatic carbocycles. The van der Waals surface area contributed by atoms with Crippen molar-refractivity contribution in [3.05, 3.63) is 54.4 Å². The maximum Gasteiger partial charge on any atom is 0.234 e. The molecule has 0 saturated heterocycles. The summed E-state index contributed by atoms with van der Waals surface area (Å²) >= 11 is 1.35. The third-order valence-electron chi connectivity index (χ3n) is 4.71. The van der Waals surface area contributed by atoms with Crippen LogP contribution in [0.1, 0.15) is 32.7 Å². The van der Waals surface area contributed by atoms with E-state index in [0.29, 0.717) is 28.3 Å².